The van der Waals surface area contributed by atoms with Gasteiger partial charge in [-0.15, -0.1) is 11.3 Å². The fourth-order valence-corrected chi connectivity index (χ4v) is 2.74. The van der Waals surface area contributed by atoms with Crippen LogP contribution in [-0.4, -0.2) is 10.1 Å². The molecule has 1 N–H and O–H groups in total. The van der Waals surface area contributed by atoms with Gasteiger partial charge in [0.25, 0.3) is 0 Å². The van der Waals surface area contributed by atoms with Gasteiger partial charge < -0.3 is 5.11 Å². The molecule has 0 amide bonds. The third kappa shape index (κ3) is 2.31. The second kappa shape index (κ2) is 5.23. The average molecular weight is 233 g/mol. The van der Waals surface area contributed by atoms with E-state index in [9.17, 15) is 5.11 Å². The van der Waals surface area contributed by atoms with Gasteiger partial charge in [-0.3, -0.25) is 0 Å². The van der Waals surface area contributed by atoms with Crippen molar-refractivity contribution >= 4 is 11.3 Å². The standard InChI is InChI=1S/C13H15NOS/c1-2-5-13-14-8-12(16-13)11-7-4-3-6-10(11)9-15/h3-4,6-8,15H,2,5,9H2,1H3. The molecule has 2 nitrogen and oxygen atoms in total. The molecule has 0 spiro atoms. The lowest BCUT2D eigenvalue weighted by atomic mass is 10.1. The van der Waals surface area contributed by atoms with E-state index in [0.717, 1.165) is 28.8 Å². The molecule has 0 atom stereocenters. The second-order valence-corrected chi connectivity index (χ2v) is 4.80. The van der Waals surface area contributed by atoms with Gasteiger partial charge in [0, 0.05) is 6.20 Å². The summed E-state index contributed by atoms with van der Waals surface area (Å²) in [6.45, 7) is 2.24. The molecule has 1 aromatic carbocycles. The maximum absolute atomic E-state index is 9.27. The summed E-state index contributed by atoms with van der Waals surface area (Å²) >= 11 is 1.72. The molecule has 2 rings (SSSR count). The van der Waals surface area contributed by atoms with Crippen molar-refractivity contribution in [2.75, 3.05) is 0 Å². The predicted octanol–water partition coefficient (Wildman–Crippen LogP) is 3.25. The molecule has 0 aliphatic rings. The lowest BCUT2D eigenvalue weighted by Crippen LogP contribution is -1.86. The Morgan fingerprint density at radius 2 is 2.12 bits per heavy atom. The van der Waals surface area contributed by atoms with E-state index in [1.165, 1.54) is 5.01 Å². The van der Waals surface area contributed by atoms with Gasteiger partial charge in [-0.25, -0.2) is 4.98 Å². The summed E-state index contributed by atoms with van der Waals surface area (Å²) in [5, 5.41) is 10.4. The first-order chi connectivity index (χ1) is 7.85. The van der Waals surface area contributed by atoms with Crippen molar-refractivity contribution in [1.29, 1.82) is 0 Å². The smallest absolute Gasteiger partial charge is 0.0931 e. The Morgan fingerprint density at radius 1 is 1.31 bits per heavy atom. The quantitative estimate of drug-likeness (QED) is 0.879. The highest BCUT2D eigenvalue weighted by Gasteiger charge is 2.07. The molecule has 0 bridgehead atoms. The van der Waals surface area contributed by atoms with E-state index in [0.29, 0.717) is 0 Å². The minimum Gasteiger partial charge on any atom is -0.392 e. The number of aliphatic hydroxyl groups is 1. The van der Waals surface area contributed by atoms with Crippen molar-refractivity contribution in [2.24, 2.45) is 0 Å². The number of aryl methyl sites for hydroxylation is 1. The summed E-state index contributed by atoms with van der Waals surface area (Å²) in [6, 6.07) is 7.93. The van der Waals surface area contributed by atoms with E-state index in [-0.39, 0.29) is 6.61 Å². The third-order valence-electron chi connectivity index (χ3n) is 2.47. The third-order valence-corrected chi connectivity index (χ3v) is 3.56. The van der Waals surface area contributed by atoms with E-state index in [1.54, 1.807) is 11.3 Å². The second-order valence-electron chi connectivity index (χ2n) is 3.68. The Morgan fingerprint density at radius 3 is 2.88 bits per heavy atom. The van der Waals surface area contributed by atoms with Crippen molar-refractivity contribution in [3.8, 4) is 10.4 Å². The number of hydrogen-bond acceptors (Lipinski definition) is 3. The van der Waals surface area contributed by atoms with Gasteiger partial charge in [0.05, 0.1) is 16.5 Å². The van der Waals surface area contributed by atoms with Crippen LogP contribution in [0.1, 0.15) is 23.9 Å². The monoisotopic (exact) mass is 233 g/mol. The Bertz CT molecular complexity index is 464. The fraction of sp³-hybridized carbons (Fsp3) is 0.308. The molecule has 0 aliphatic heterocycles. The van der Waals surface area contributed by atoms with Crippen molar-refractivity contribution in [2.45, 2.75) is 26.4 Å². The van der Waals surface area contributed by atoms with Crippen molar-refractivity contribution in [3.05, 3.63) is 41.0 Å². The topological polar surface area (TPSA) is 33.1 Å². The average Bonchev–Trinajstić information content (AvgIpc) is 2.78. The zero-order valence-electron chi connectivity index (χ0n) is 9.31. The molecular formula is C13H15NOS. The number of hydrogen-bond donors (Lipinski definition) is 1. The van der Waals surface area contributed by atoms with Crippen LogP contribution in [0.25, 0.3) is 10.4 Å². The van der Waals surface area contributed by atoms with E-state index in [4.69, 9.17) is 0 Å². The number of aromatic nitrogens is 1. The molecule has 3 heteroatoms. The summed E-state index contributed by atoms with van der Waals surface area (Å²) in [5.74, 6) is 0. The highest BCUT2D eigenvalue weighted by molar-refractivity contribution is 7.15. The van der Waals surface area contributed by atoms with Gasteiger partial charge in [0.1, 0.15) is 0 Å². The Hall–Kier alpha value is -1.19. The molecule has 0 radical (unpaired) electrons. The molecule has 84 valence electrons. The number of thiazole rings is 1. The van der Waals surface area contributed by atoms with Crippen LogP contribution in [0.4, 0.5) is 0 Å². The maximum atomic E-state index is 9.27. The van der Waals surface area contributed by atoms with Crippen LogP contribution >= 0.6 is 11.3 Å². The van der Waals surface area contributed by atoms with Crippen LogP contribution in [0.5, 0.6) is 0 Å². The van der Waals surface area contributed by atoms with Gasteiger partial charge in [0.15, 0.2) is 0 Å². The first kappa shape index (κ1) is 11.3. The minimum atomic E-state index is 0.0805. The molecule has 2 aromatic rings. The predicted molar refractivity (Wildman–Crippen MR) is 67.5 cm³/mol. The zero-order chi connectivity index (χ0) is 11.4. The number of aliphatic hydroxyl groups excluding tert-OH is 1. The number of nitrogens with zero attached hydrogens (tertiary/aromatic N) is 1. The van der Waals surface area contributed by atoms with E-state index in [2.05, 4.69) is 11.9 Å². The lowest BCUT2D eigenvalue weighted by Gasteiger charge is -2.03. The lowest BCUT2D eigenvalue weighted by molar-refractivity contribution is 0.282. The van der Waals surface area contributed by atoms with E-state index >= 15 is 0 Å². The normalized spacial score (nSPS) is 10.6. The molecule has 0 saturated carbocycles. The van der Waals surface area contributed by atoms with Crippen molar-refractivity contribution < 1.29 is 5.11 Å². The molecule has 1 aromatic heterocycles. The summed E-state index contributed by atoms with van der Waals surface area (Å²) < 4.78 is 0. The minimum absolute atomic E-state index is 0.0805. The number of benzene rings is 1. The molecule has 0 fully saturated rings. The van der Waals surface area contributed by atoms with Crippen molar-refractivity contribution in [1.82, 2.24) is 4.98 Å². The molecule has 0 saturated heterocycles. The molecule has 0 unspecified atom stereocenters. The summed E-state index contributed by atoms with van der Waals surface area (Å²) in [6.07, 6.45) is 4.06. The summed E-state index contributed by atoms with van der Waals surface area (Å²) in [5.41, 5.74) is 2.07. The van der Waals surface area contributed by atoms with Crippen LogP contribution in [0.2, 0.25) is 0 Å². The molecular weight excluding hydrogens is 218 g/mol. The SMILES string of the molecule is CCCc1ncc(-c2ccccc2CO)s1. The van der Waals surface area contributed by atoms with Crippen molar-refractivity contribution in [3.63, 3.8) is 0 Å². The highest BCUT2D eigenvalue weighted by Crippen LogP contribution is 2.29. The molecule has 0 aliphatic carbocycles. The van der Waals surface area contributed by atoms with Crippen LogP contribution in [0.3, 0.4) is 0 Å². The molecule has 1 heterocycles. The zero-order valence-corrected chi connectivity index (χ0v) is 10.1. The van der Waals surface area contributed by atoms with E-state index < -0.39 is 0 Å². The van der Waals surface area contributed by atoms with Gasteiger partial charge >= 0.3 is 0 Å². The Labute approximate surface area is 99.6 Å². The Balaban J connectivity index is 2.34. The fourth-order valence-electron chi connectivity index (χ4n) is 1.66. The first-order valence-corrected chi connectivity index (χ1v) is 6.30. The van der Waals surface area contributed by atoms with Crippen LogP contribution in [-0.2, 0) is 13.0 Å². The largest absolute Gasteiger partial charge is 0.392 e. The van der Waals surface area contributed by atoms with Gasteiger partial charge in [-0.1, -0.05) is 31.2 Å². The summed E-state index contributed by atoms with van der Waals surface area (Å²) in [4.78, 5) is 5.54. The van der Waals surface area contributed by atoms with Crippen LogP contribution in [0, 0.1) is 0 Å². The van der Waals surface area contributed by atoms with Gasteiger partial charge in [-0.05, 0) is 24.0 Å². The summed E-state index contributed by atoms with van der Waals surface area (Å²) in [7, 11) is 0. The van der Waals surface area contributed by atoms with Crippen LogP contribution < -0.4 is 0 Å². The van der Waals surface area contributed by atoms with Gasteiger partial charge in [0.2, 0.25) is 0 Å². The Kier molecular flexibility index (Phi) is 3.70. The highest BCUT2D eigenvalue weighted by atomic mass is 32.1. The molecule has 16 heavy (non-hydrogen) atoms. The number of rotatable bonds is 4. The maximum Gasteiger partial charge on any atom is 0.0931 e. The first-order valence-electron chi connectivity index (χ1n) is 5.49. The van der Waals surface area contributed by atoms with E-state index in [1.807, 2.05) is 30.5 Å². The van der Waals surface area contributed by atoms with Crippen LogP contribution in [0.15, 0.2) is 30.5 Å². The van der Waals surface area contributed by atoms with Gasteiger partial charge in [-0.2, -0.15) is 0 Å².